The Balaban J connectivity index is 2.19. The molecule has 3 atom stereocenters. The fourth-order valence-corrected chi connectivity index (χ4v) is 2.23. The predicted octanol–water partition coefficient (Wildman–Crippen LogP) is 0.421. The molecular weight excluding hydrogens is 232 g/mol. The van der Waals surface area contributed by atoms with Crippen molar-refractivity contribution >= 4 is 5.91 Å². The zero-order valence-corrected chi connectivity index (χ0v) is 11.7. The van der Waals surface area contributed by atoms with Crippen molar-refractivity contribution in [1.82, 2.24) is 10.6 Å². The third kappa shape index (κ3) is 4.55. The standard InChI is InChI=1S/C13H26N2O3/c1-4-5-10(2)15-12(16)8-14-9-13(17)6-7-18-11(13)3/h10-11,14,17H,4-9H2,1-3H3,(H,15,16). The molecule has 0 spiro atoms. The maximum absolute atomic E-state index is 11.6. The maximum atomic E-state index is 11.6. The van der Waals surface area contributed by atoms with Crippen molar-refractivity contribution in [2.45, 2.75) is 57.8 Å². The molecule has 1 fully saturated rings. The highest BCUT2D eigenvalue weighted by Crippen LogP contribution is 2.24. The van der Waals surface area contributed by atoms with Crippen LogP contribution in [0.5, 0.6) is 0 Å². The highest BCUT2D eigenvalue weighted by Gasteiger charge is 2.39. The van der Waals surface area contributed by atoms with E-state index in [9.17, 15) is 9.90 Å². The first-order chi connectivity index (χ1) is 8.48. The molecule has 1 aliphatic heterocycles. The minimum absolute atomic E-state index is 0.0221. The maximum Gasteiger partial charge on any atom is 0.234 e. The topological polar surface area (TPSA) is 70.6 Å². The first-order valence-corrected chi connectivity index (χ1v) is 6.82. The Morgan fingerprint density at radius 1 is 1.61 bits per heavy atom. The number of ether oxygens (including phenoxy) is 1. The van der Waals surface area contributed by atoms with Gasteiger partial charge in [0.1, 0.15) is 5.60 Å². The van der Waals surface area contributed by atoms with Crippen molar-refractivity contribution in [2.75, 3.05) is 19.7 Å². The van der Waals surface area contributed by atoms with E-state index in [-0.39, 0.29) is 24.6 Å². The average Bonchev–Trinajstić information content (AvgIpc) is 2.59. The molecule has 1 aliphatic rings. The first-order valence-electron chi connectivity index (χ1n) is 6.82. The zero-order valence-electron chi connectivity index (χ0n) is 11.7. The van der Waals surface area contributed by atoms with Crippen LogP contribution in [0.1, 0.15) is 40.0 Å². The second kappa shape index (κ2) is 7.07. The van der Waals surface area contributed by atoms with Crippen molar-refractivity contribution in [2.24, 2.45) is 0 Å². The molecular formula is C13H26N2O3. The summed E-state index contributed by atoms with van der Waals surface area (Å²) in [5, 5.41) is 16.1. The lowest BCUT2D eigenvalue weighted by atomic mass is 9.97. The minimum atomic E-state index is -0.838. The van der Waals surface area contributed by atoms with E-state index in [0.717, 1.165) is 12.8 Å². The van der Waals surface area contributed by atoms with E-state index >= 15 is 0 Å². The van der Waals surface area contributed by atoms with Gasteiger partial charge in [0.15, 0.2) is 0 Å². The summed E-state index contributed by atoms with van der Waals surface area (Å²) in [6.45, 7) is 7.17. The van der Waals surface area contributed by atoms with Crippen molar-refractivity contribution in [3.05, 3.63) is 0 Å². The number of aliphatic hydroxyl groups is 1. The normalized spacial score (nSPS) is 29.2. The van der Waals surface area contributed by atoms with Crippen LogP contribution in [0.2, 0.25) is 0 Å². The van der Waals surface area contributed by atoms with E-state index in [1.165, 1.54) is 0 Å². The molecule has 0 aromatic heterocycles. The zero-order chi connectivity index (χ0) is 13.6. The molecule has 5 heteroatoms. The van der Waals surface area contributed by atoms with E-state index in [1.54, 1.807) is 0 Å². The molecule has 3 unspecified atom stereocenters. The van der Waals surface area contributed by atoms with Gasteiger partial charge in [0.05, 0.1) is 12.6 Å². The number of hydrogen-bond donors (Lipinski definition) is 3. The summed E-state index contributed by atoms with van der Waals surface area (Å²) < 4.78 is 5.33. The van der Waals surface area contributed by atoms with Crippen LogP contribution >= 0.6 is 0 Å². The predicted molar refractivity (Wildman–Crippen MR) is 70.4 cm³/mol. The quantitative estimate of drug-likeness (QED) is 0.619. The molecule has 3 N–H and O–H groups in total. The fourth-order valence-electron chi connectivity index (χ4n) is 2.23. The molecule has 5 nitrogen and oxygen atoms in total. The van der Waals surface area contributed by atoms with Gasteiger partial charge in [-0.2, -0.15) is 0 Å². The van der Waals surface area contributed by atoms with Crippen LogP contribution in [0.4, 0.5) is 0 Å². The number of nitrogens with one attached hydrogen (secondary N) is 2. The largest absolute Gasteiger partial charge is 0.386 e. The van der Waals surface area contributed by atoms with E-state index in [2.05, 4.69) is 17.6 Å². The van der Waals surface area contributed by atoms with Crippen LogP contribution in [-0.2, 0) is 9.53 Å². The number of carbonyl (C=O) groups excluding carboxylic acids is 1. The van der Waals surface area contributed by atoms with Crippen LogP contribution in [0.25, 0.3) is 0 Å². The van der Waals surface area contributed by atoms with Crippen LogP contribution in [0.15, 0.2) is 0 Å². The van der Waals surface area contributed by atoms with Crippen LogP contribution in [0.3, 0.4) is 0 Å². The molecule has 1 heterocycles. The van der Waals surface area contributed by atoms with Crippen LogP contribution < -0.4 is 10.6 Å². The van der Waals surface area contributed by atoms with E-state index in [0.29, 0.717) is 19.6 Å². The Morgan fingerprint density at radius 3 is 2.89 bits per heavy atom. The molecule has 18 heavy (non-hydrogen) atoms. The third-order valence-corrected chi connectivity index (χ3v) is 3.51. The first kappa shape index (κ1) is 15.4. The lowest BCUT2D eigenvalue weighted by Gasteiger charge is -2.26. The monoisotopic (exact) mass is 258 g/mol. The molecule has 106 valence electrons. The lowest BCUT2D eigenvalue weighted by molar-refractivity contribution is -0.121. The lowest BCUT2D eigenvalue weighted by Crippen LogP contribution is -2.48. The molecule has 0 aliphatic carbocycles. The summed E-state index contributed by atoms with van der Waals surface area (Å²) in [4.78, 5) is 11.6. The Labute approximate surface area is 109 Å². The Bertz CT molecular complexity index is 273. The number of hydrogen-bond acceptors (Lipinski definition) is 4. The Kier molecular flexibility index (Phi) is 6.05. The van der Waals surface area contributed by atoms with Gasteiger partial charge in [0.2, 0.25) is 5.91 Å². The van der Waals surface area contributed by atoms with Gasteiger partial charge in [0.25, 0.3) is 0 Å². The molecule has 0 saturated carbocycles. The van der Waals surface area contributed by atoms with Gasteiger partial charge in [0, 0.05) is 25.6 Å². The number of rotatable bonds is 7. The van der Waals surface area contributed by atoms with Gasteiger partial charge in [-0.1, -0.05) is 13.3 Å². The fraction of sp³-hybridized carbons (Fsp3) is 0.923. The van der Waals surface area contributed by atoms with Gasteiger partial charge in [-0.15, -0.1) is 0 Å². The Hall–Kier alpha value is -0.650. The highest BCUT2D eigenvalue weighted by molar-refractivity contribution is 5.78. The van der Waals surface area contributed by atoms with Gasteiger partial charge < -0.3 is 20.5 Å². The van der Waals surface area contributed by atoms with E-state index in [4.69, 9.17) is 4.74 Å². The van der Waals surface area contributed by atoms with Gasteiger partial charge in [-0.3, -0.25) is 4.79 Å². The summed E-state index contributed by atoms with van der Waals surface area (Å²) in [6, 6.07) is 0.209. The second-order valence-corrected chi connectivity index (χ2v) is 5.23. The molecule has 0 aromatic rings. The molecule has 0 radical (unpaired) electrons. The molecule has 0 bridgehead atoms. The number of carbonyl (C=O) groups is 1. The summed E-state index contributed by atoms with van der Waals surface area (Å²) >= 11 is 0. The van der Waals surface area contributed by atoms with Crippen molar-refractivity contribution in [1.29, 1.82) is 0 Å². The highest BCUT2D eigenvalue weighted by atomic mass is 16.5. The van der Waals surface area contributed by atoms with Gasteiger partial charge in [-0.25, -0.2) is 0 Å². The van der Waals surface area contributed by atoms with Crippen molar-refractivity contribution < 1.29 is 14.6 Å². The van der Waals surface area contributed by atoms with E-state index in [1.807, 2.05) is 13.8 Å². The third-order valence-electron chi connectivity index (χ3n) is 3.51. The molecule has 1 amide bonds. The van der Waals surface area contributed by atoms with Crippen LogP contribution in [-0.4, -0.2) is 48.5 Å². The summed E-state index contributed by atoms with van der Waals surface area (Å²) in [5.74, 6) is -0.0221. The van der Waals surface area contributed by atoms with Crippen molar-refractivity contribution in [3.63, 3.8) is 0 Å². The Morgan fingerprint density at radius 2 is 2.33 bits per heavy atom. The van der Waals surface area contributed by atoms with Gasteiger partial charge >= 0.3 is 0 Å². The average molecular weight is 258 g/mol. The second-order valence-electron chi connectivity index (χ2n) is 5.23. The number of amides is 1. The summed E-state index contributed by atoms with van der Waals surface area (Å²) in [7, 11) is 0. The SMILES string of the molecule is CCCC(C)NC(=O)CNCC1(O)CCOC1C. The summed E-state index contributed by atoms with van der Waals surface area (Å²) in [5.41, 5.74) is -0.838. The minimum Gasteiger partial charge on any atom is -0.386 e. The molecule has 0 aromatic carbocycles. The smallest absolute Gasteiger partial charge is 0.234 e. The summed E-state index contributed by atoms with van der Waals surface area (Å²) in [6.07, 6.45) is 2.49. The molecule has 1 saturated heterocycles. The van der Waals surface area contributed by atoms with Crippen LogP contribution in [0, 0.1) is 0 Å². The van der Waals surface area contributed by atoms with Crippen molar-refractivity contribution in [3.8, 4) is 0 Å². The van der Waals surface area contributed by atoms with Gasteiger partial charge in [-0.05, 0) is 20.3 Å². The molecule has 1 rings (SSSR count). The van der Waals surface area contributed by atoms with E-state index < -0.39 is 5.60 Å².